The zero-order valence-electron chi connectivity index (χ0n) is 15.4. The van der Waals surface area contributed by atoms with Crippen LogP contribution in [-0.4, -0.2) is 27.4 Å². The van der Waals surface area contributed by atoms with Gasteiger partial charge in [-0.3, -0.25) is 4.79 Å². The highest BCUT2D eigenvalue weighted by Gasteiger charge is 2.29. The first-order chi connectivity index (χ1) is 12.4. The number of benzene rings is 1. The van der Waals surface area contributed by atoms with Crippen LogP contribution in [0.25, 0.3) is 0 Å². The van der Waals surface area contributed by atoms with Gasteiger partial charge in [-0.1, -0.05) is 56.0 Å². The maximum absolute atomic E-state index is 12.1. The fourth-order valence-electron chi connectivity index (χ4n) is 2.02. The summed E-state index contributed by atoms with van der Waals surface area (Å²) >= 11 is 2.71. The number of aromatic nitrogens is 2. The van der Waals surface area contributed by atoms with E-state index >= 15 is 0 Å². The molecule has 0 aliphatic rings. The van der Waals surface area contributed by atoms with Crippen molar-refractivity contribution < 1.29 is 4.79 Å². The Bertz CT molecular complexity index is 782. The Morgan fingerprint density at radius 3 is 2.62 bits per heavy atom. The molecular formula is C18H23N5OS2. The number of amides is 1. The Morgan fingerprint density at radius 2 is 2.04 bits per heavy atom. The van der Waals surface area contributed by atoms with E-state index in [1.165, 1.54) is 28.7 Å². The van der Waals surface area contributed by atoms with Crippen molar-refractivity contribution in [3.05, 3.63) is 29.8 Å². The van der Waals surface area contributed by atoms with Crippen molar-refractivity contribution in [1.82, 2.24) is 15.5 Å². The molecule has 2 rings (SSSR count). The van der Waals surface area contributed by atoms with Crippen molar-refractivity contribution in [2.45, 2.75) is 44.0 Å². The summed E-state index contributed by atoms with van der Waals surface area (Å²) in [6, 6.07) is 10.3. The lowest BCUT2D eigenvalue weighted by atomic mass is 9.90. The van der Waals surface area contributed by atoms with Crippen LogP contribution < -0.4 is 10.6 Å². The predicted molar refractivity (Wildman–Crippen MR) is 107 cm³/mol. The molecule has 0 saturated heterocycles. The normalized spacial score (nSPS) is 13.1. The van der Waals surface area contributed by atoms with Crippen LogP contribution in [0.1, 0.15) is 33.3 Å². The van der Waals surface area contributed by atoms with E-state index < -0.39 is 5.54 Å². The fourth-order valence-corrected chi connectivity index (χ4v) is 3.59. The third kappa shape index (κ3) is 5.44. The average Bonchev–Trinajstić information content (AvgIpc) is 3.07. The summed E-state index contributed by atoms with van der Waals surface area (Å²) in [5.41, 5.74) is 1.37. The largest absolute Gasteiger partial charge is 0.337 e. The van der Waals surface area contributed by atoms with Crippen molar-refractivity contribution in [3.63, 3.8) is 0 Å². The smallest absolute Gasteiger partial charge is 0.231 e. The number of carbonyl (C=O) groups is 1. The number of thioether (sulfide) groups is 1. The molecule has 1 heterocycles. The highest BCUT2D eigenvalue weighted by Crippen LogP contribution is 2.28. The first-order valence-electron chi connectivity index (χ1n) is 8.40. The summed E-state index contributed by atoms with van der Waals surface area (Å²) in [5, 5.41) is 24.1. The minimum absolute atomic E-state index is 0.0258. The Kier molecular flexibility index (Phi) is 7.00. The van der Waals surface area contributed by atoms with E-state index in [9.17, 15) is 10.1 Å². The number of nitrogens with zero attached hydrogens (tertiary/aromatic N) is 3. The quantitative estimate of drug-likeness (QED) is 0.663. The number of nitriles is 1. The van der Waals surface area contributed by atoms with E-state index in [1.54, 1.807) is 6.92 Å². The standard InChI is InChI=1S/C18H23N5OS2/c1-5-13-6-8-14(9-7-13)20-16-22-23-17(26-16)25-10-15(24)21-18(4,11-19)12(2)3/h6-9,12H,5,10H2,1-4H3,(H,20,22)(H,21,24)/t18-/m1/s1. The van der Waals surface area contributed by atoms with Gasteiger partial charge >= 0.3 is 0 Å². The second-order valence-electron chi connectivity index (χ2n) is 6.35. The summed E-state index contributed by atoms with van der Waals surface area (Å²) in [6.45, 7) is 7.67. The van der Waals surface area contributed by atoms with Gasteiger partial charge in [0, 0.05) is 5.69 Å². The van der Waals surface area contributed by atoms with Crippen molar-refractivity contribution in [2.75, 3.05) is 11.1 Å². The number of anilines is 2. The van der Waals surface area contributed by atoms with Gasteiger partial charge in [0.2, 0.25) is 11.0 Å². The van der Waals surface area contributed by atoms with E-state index in [0.29, 0.717) is 9.47 Å². The second kappa shape index (κ2) is 9.01. The highest BCUT2D eigenvalue weighted by atomic mass is 32.2. The predicted octanol–water partition coefficient (Wildman–Crippen LogP) is 3.99. The van der Waals surface area contributed by atoms with Gasteiger partial charge in [0.15, 0.2) is 4.34 Å². The zero-order chi connectivity index (χ0) is 19.2. The summed E-state index contributed by atoms with van der Waals surface area (Å²) in [7, 11) is 0. The molecule has 6 nitrogen and oxygen atoms in total. The minimum Gasteiger partial charge on any atom is -0.337 e. The lowest BCUT2D eigenvalue weighted by molar-refractivity contribution is -0.120. The molecule has 0 spiro atoms. The monoisotopic (exact) mass is 389 g/mol. The molecule has 0 bridgehead atoms. The summed E-state index contributed by atoms with van der Waals surface area (Å²) < 4.78 is 0.705. The Hall–Kier alpha value is -2.11. The van der Waals surface area contributed by atoms with Crippen molar-refractivity contribution in [2.24, 2.45) is 5.92 Å². The molecule has 2 aromatic rings. The maximum Gasteiger partial charge on any atom is 0.231 e. The molecule has 1 aromatic carbocycles. The van der Waals surface area contributed by atoms with Gasteiger partial charge in [-0.2, -0.15) is 5.26 Å². The average molecular weight is 390 g/mol. The third-order valence-corrected chi connectivity index (χ3v) is 6.10. The Morgan fingerprint density at radius 1 is 1.35 bits per heavy atom. The van der Waals surface area contributed by atoms with Gasteiger partial charge in [-0.25, -0.2) is 0 Å². The molecule has 8 heteroatoms. The molecule has 0 fully saturated rings. The first kappa shape index (κ1) is 20.2. The topological polar surface area (TPSA) is 90.7 Å². The van der Waals surface area contributed by atoms with E-state index in [1.807, 2.05) is 26.0 Å². The van der Waals surface area contributed by atoms with Gasteiger partial charge in [0.25, 0.3) is 0 Å². The van der Waals surface area contributed by atoms with Crippen molar-refractivity contribution >= 4 is 39.8 Å². The molecule has 0 aliphatic carbocycles. The van der Waals surface area contributed by atoms with Gasteiger partial charge in [0.1, 0.15) is 5.54 Å². The lowest BCUT2D eigenvalue weighted by Crippen LogP contribution is -2.49. The third-order valence-electron chi connectivity index (χ3n) is 4.13. The molecule has 138 valence electrons. The van der Waals surface area contributed by atoms with Gasteiger partial charge in [-0.15, -0.1) is 10.2 Å². The van der Waals surface area contributed by atoms with Crippen LogP contribution in [0.4, 0.5) is 10.8 Å². The Labute approximate surface area is 162 Å². The van der Waals surface area contributed by atoms with Crippen LogP contribution >= 0.6 is 23.1 Å². The van der Waals surface area contributed by atoms with Crippen LogP contribution in [0.2, 0.25) is 0 Å². The number of hydrogen-bond acceptors (Lipinski definition) is 7. The van der Waals surface area contributed by atoms with E-state index in [0.717, 1.165) is 12.1 Å². The zero-order valence-corrected chi connectivity index (χ0v) is 17.0. The summed E-state index contributed by atoms with van der Waals surface area (Å²) in [5.74, 6) is 0.0367. The molecule has 0 radical (unpaired) electrons. The van der Waals surface area contributed by atoms with Crippen LogP contribution in [-0.2, 0) is 11.2 Å². The Balaban J connectivity index is 1.88. The molecule has 2 N–H and O–H groups in total. The van der Waals surface area contributed by atoms with Crippen LogP contribution in [0.3, 0.4) is 0 Å². The summed E-state index contributed by atoms with van der Waals surface area (Å²) in [6.07, 6.45) is 1.00. The first-order valence-corrected chi connectivity index (χ1v) is 10.2. The van der Waals surface area contributed by atoms with Gasteiger partial charge in [-0.05, 0) is 37.0 Å². The van der Waals surface area contributed by atoms with E-state index in [2.05, 4.69) is 46.0 Å². The van der Waals surface area contributed by atoms with Crippen LogP contribution in [0.15, 0.2) is 28.6 Å². The number of nitrogens with one attached hydrogen (secondary N) is 2. The molecule has 1 amide bonds. The second-order valence-corrected chi connectivity index (χ2v) is 8.55. The van der Waals surface area contributed by atoms with Crippen molar-refractivity contribution in [1.29, 1.82) is 5.26 Å². The summed E-state index contributed by atoms with van der Waals surface area (Å²) in [4.78, 5) is 12.1. The number of rotatable bonds is 8. The van der Waals surface area contributed by atoms with E-state index in [-0.39, 0.29) is 17.6 Å². The maximum atomic E-state index is 12.1. The highest BCUT2D eigenvalue weighted by molar-refractivity contribution is 8.01. The fraction of sp³-hybridized carbons (Fsp3) is 0.444. The number of aryl methyl sites for hydroxylation is 1. The van der Waals surface area contributed by atoms with Crippen LogP contribution in [0, 0.1) is 17.2 Å². The molecule has 1 aromatic heterocycles. The lowest BCUT2D eigenvalue weighted by Gasteiger charge is -2.27. The van der Waals surface area contributed by atoms with E-state index in [4.69, 9.17) is 0 Å². The molecule has 0 aliphatic heterocycles. The van der Waals surface area contributed by atoms with Crippen molar-refractivity contribution in [3.8, 4) is 6.07 Å². The van der Waals surface area contributed by atoms with Crippen LogP contribution in [0.5, 0.6) is 0 Å². The molecule has 0 unspecified atom stereocenters. The van der Waals surface area contributed by atoms with Gasteiger partial charge < -0.3 is 10.6 Å². The molecule has 26 heavy (non-hydrogen) atoms. The number of carbonyl (C=O) groups excluding carboxylic acids is 1. The SMILES string of the molecule is CCc1ccc(Nc2nnc(SCC(=O)N[C@](C)(C#N)C(C)C)s2)cc1. The molecular weight excluding hydrogens is 366 g/mol. The molecule has 0 saturated carbocycles. The molecule has 1 atom stereocenters. The number of hydrogen-bond donors (Lipinski definition) is 2. The van der Waals surface area contributed by atoms with Gasteiger partial charge in [0.05, 0.1) is 11.8 Å². The minimum atomic E-state index is -0.865.